The van der Waals surface area contributed by atoms with Gasteiger partial charge in [-0.25, -0.2) is 4.72 Å². The molecular formula is C11H19N3O2S. The predicted octanol–water partition coefficient (Wildman–Crippen LogP) is 0.945. The third kappa shape index (κ3) is 3.99. The molecule has 0 bridgehead atoms. The fourth-order valence-corrected chi connectivity index (χ4v) is 2.56. The first-order valence-electron chi connectivity index (χ1n) is 5.52. The van der Waals surface area contributed by atoms with Crippen molar-refractivity contribution in [1.82, 2.24) is 9.03 Å². The lowest BCUT2D eigenvalue weighted by molar-refractivity contribution is 0.400. The number of hydrogen-bond acceptors (Lipinski definition) is 3. The van der Waals surface area contributed by atoms with E-state index in [0.717, 1.165) is 12.0 Å². The van der Waals surface area contributed by atoms with Crippen molar-refractivity contribution in [3.63, 3.8) is 0 Å². The molecule has 0 fully saturated rings. The summed E-state index contributed by atoms with van der Waals surface area (Å²) < 4.78 is 27.3. The standard InChI is InChI=1S/C11H19N3O2S/c1-3-7-14(17(15,16)13-2)9-10-5-4-6-11(12)8-10/h4-6,8,13H,3,7,9,12H2,1-2H3. The summed E-state index contributed by atoms with van der Waals surface area (Å²) in [7, 11) is -1.98. The predicted molar refractivity (Wildman–Crippen MR) is 69.5 cm³/mol. The Labute approximate surface area is 103 Å². The molecule has 5 nitrogen and oxygen atoms in total. The van der Waals surface area contributed by atoms with Crippen LogP contribution in [0.3, 0.4) is 0 Å². The van der Waals surface area contributed by atoms with Crippen LogP contribution in [0.2, 0.25) is 0 Å². The molecule has 0 spiro atoms. The van der Waals surface area contributed by atoms with E-state index in [0.29, 0.717) is 18.8 Å². The summed E-state index contributed by atoms with van der Waals surface area (Å²) in [5.74, 6) is 0. The average Bonchev–Trinajstić information content (AvgIpc) is 2.28. The van der Waals surface area contributed by atoms with E-state index < -0.39 is 10.2 Å². The van der Waals surface area contributed by atoms with Crippen LogP contribution in [0.15, 0.2) is 24.3 Å². The van der Waals surface area contributed by atoms with E-state index in [1.54, 1.807) is 12.1 Å². The average molecular weight is 257 g/mol. The highest BCUT2D eigenvalue weighted by atomic mass is 32.2. The van der Waals surface area contributed by atoms with Crippen LogP contribution in [0, 0.1) is 0 Å². The monoisotopic (exact) mass is 257 g/mol. The maximum Gasteiger partial charge on any atom is 0.279 e. The molecule has 3 N–H and O–H groups in total. The number of nitrogens with two attached hydrogens (primary N) is 1. The second-order valence-corrected chi connectivity index (χ2v) is 5.66. The van der Waals surface area contributed by atoms with E-state index in [4.69, 9.17) is 5.73 Å². The minimum atomic E-state index is -3.39. The van der Waals surface area contributed by atoms with E-state index in [-0.39, 0.29) is 0 Å². The van der Waals surface area contributed by atoms with E-state index in [1.807, 2.05) is 19.1 Å². The third-order valence-electron chi connectivity index (χ3n) is 2.38. The van der Waals surface area contributed by atoms with Gasteiger partial charge in [0.2, 0.25) is 0 Å². The SMILES string of the molecule is CCCN(Cc1cccc(N)c1)S(=O)(=O)NC. The molecule has 1 aromatic carbocycles. The first kappa shape index (κ1) is 14.0. The molecule has 0 radical (unpaired) electrons. The maximum atomic E-state index is 11.8. The maximum absolute atomic E-state index is 11.8. The zero-order valence-electron chi connectivity index (χ0n) is 10.2. The summed E-state index contributed by atoms with van der Waals surface area (Å²) in [4.78, 5) is 0. The summed E-state index contributed by atoms with van der Waals surface area (Å²) in [5, 5.41) is 0. The van der Waals surface area contributed by atoms with Gasteiger partial charge in [0.05, 0.1) is 0 Å². The molecule has 0 aliphatic carbocycles. The molecule has 0 aromatic heterocycles. The van der Waals surface area contributed by atoms with Crippen molar-refractivity contribution in [1.29, 1.82) is 0 Å². The normalized spacial score (nSPS) is 11.9. The lowest BCUT2D eigenvalue weighted by Gasteiger charge is -2.20. The van der Waals surface area contributed by atoms with Gasteiger partial charge >= 0.3 is 0 Å². The topological polar surface area (TPSA) is 75.4 Å². The summed E-state index contributed by atoms with van der Waals surface area (Å²) in [6.07, 6.45) is 0.767. The molecule has 1 aromatic rings. The van der Waals surface area contributed by atoms with Crippen molar-refractivity contribution in [3.8, 4) is 0 Å². The highest BCUT2D eigenvalue weighted by Crippen LogP contribution is 2.12. The van der Waals surface area contributed by atoms with Crippen LogP contribution >= 0.6 is 0 Å². The van der Waals surface area contributed by atoms with Gasteiger partial charge in [0.25, 0.3) is 10.2 Å². The van der Waals surface area contributed by atoms with Crippen molar-refractivity contribution < 1.29 is 8.42 Å². The van der Waals surface area contributed by atoms with Gasteiger partial charge < -0.3 is 5.73 Å². The molecule has 17 heavy (non-hydrogen) atoms. The minimum Gasteiger partial charge on any atom is -0.399 e. The summed E-state index contributed by atoms with van der Waals surface area (Å²) >= 11 is 0. The lowest BCUT2D eigenvalue weighted by atomic mass is 10.2. The molecule has 0 heterocycles. The Morgan fingerprint density at radius 1 is 1.41 bits per heavy atom. The molecule has 0 amide bonds. The molecule has 0 atom stereocenters. The van der Waals surface area contributed by atoms with Crippen LogP contribution in [-0.4, -0.2) is 26.3 Å². The van der Waals surface area contributed by atoms with Gasteiger partial charge in [-0.15, -0.1) is 0 Å². The largest absolute Gasteiger partial charge is 0.399 e. The Morgan fingerprint density at radius 3 is 2.65 bits per heavy atom. The van der Waals surface area contributed by atoms with Crippen molar-refractivity contribution in [3.05, 3.63) is 29.8 Å². The number of nitrogens with one attached hydrogen (secondary N) is 1. The molecule has 0 unspecified atom stereocenters. The van der Waals surface area contributed by atoms with Gasteiger partial charge in [-0.05, 0) is 24.1 Å². The Kier molecular flexibility index (Phi) is 4.92. The molecule has 0 saturated carbocycles. The Balaban J connectivity index is 2.88. The number of benzene rings is 1. The van der Waals surface area contributed by atoms with Crippen molar-refractivity contribution in [2.45, 2.75) is 19.9 Å². The Morgan fingerprint density at radius 2 is 2.12 bits per heavy atom. The van der Waals surface area contributed by atoms with Crippen molar-refractivity contribution in [2.24, 2.45) is 0 Å². The van der Waals surface area contributed by atoms with Crippen LogP contribution in [0.1, 0.15) is 18.9 Å². The molecule has 0 saturated heterocycles. The molecule has 0 aliphatic rings. The zero-order chi connectivity index (χ0) is 12.9. The van der Waals surface area contributed by atoms with E-state index in [1.165, 1.54) is 11.4 Å². The molecular weight excluding hydrogens is 238 g/mol. The van der Waals surface area contributed by atoms with E-state index in [9.17, 15) is 8.42 Å². The number of anilines is 1. The first-order valence-corrected chi connectivity index (χ1v) is 6.96. The van der Waals surface area contributed by atoms with Gasteiger partial charge in [0.15, 0.2) is 0 Å². The molecule has 0 aliphatic heterocycles. The second kappa shape index (κ2) is 6.00. The highest BCUT2D eigenvalue weighted by Gasteiger charge is 2.19. The second-order valence-electron chi connectivity index (χ2n) is 3.79. The van der Waals surface area contributed by atoms with Crippen LogP contribution in [0.25, 0.3) is 0 Å². The molecule has 1 rings (SSSR count). The van der Waals surface area contributed by atoms with Gasteiger partial charge in [-0.2, -0.15) is 12.7 Å². The van der Waals surface area contributed by atoms with E-state index >= 15 is 0 Å². The molecule has 6 heteroatoms. The molecule has 96 valence electrons. The van der Waals surface area contributed by atoms with Crippen LogP contribution in [0.5, 0.6) is 0 Å². The van der Waals surface area contributed by atoms with Gasteiger partial charge in [-0.1, -0.05) is 19.1 Å². The smallest absolute Gasteiger partial charge is 0.279 e. The Bertz CT molecular complexity index is 460. The van der Waals surface area contributed by atoms with Crippen LogP contribution < -0.4 is 10.5 Å². The summed E-state index contributed by atoms with van der Waals surface area (Å²) in [5.41, 5.74) is 7.19. The number of hydrogen-bond donors (Lipinski definition) is 2. The van der Waals surface area contributed by atoms with E-state index in [2.05, 4.69) is 4.72 Å². The fourth-order valence-electron chi connectivity index (χ4n) is 1.56. The van der Waals surface area contributed by atoms with Gasteiger partial charge in [0.1, 0.15) is 0 Å². The summed E-state index contributed by atoms with van der Waals surface area (Å²) in [6.45, 7) is 2.76. The number of nitrogens with zero attached hydrogens (tertiary/aromatic N) is 1. The van der Waals surface area contributed by atoms with Crippen LogP contribution in [0.4, 0.5) is 5.69 Å². The van der Waals surface area contributed by atoms with Crippen LogP contribution in [-0.2, 0) is 16.8 Å². The zero-order valence-corrected chi connectivity index (χ0v) is 11.0. The van der Waals surface area contributed by atoms with Crippen molar-refractivity contribution >= 4 is 15.9 Å². The third-order valence-corrected chi connectivity index (χ3v) is 3.89. The fraction of sp³-hybridized carbons (Fsp3) is 0.455. The first-order chi connectivity index (χ1) is 7.99. The summed E-state index contributed by atoms with van der Waals surface area (Å²) in [6, 6.07) is 7.25. The number of nitrogen functional groups attached to an aromatic ring is 1. The van der Waals surface area contributed by atoms with Gasteiger partial charge in [-0.3, -0.25) is 0 Å². The minimum absolute atomic E-state index is 0.335. The van der Waals surface area contributed by atoms with Crippen molar-refractivity contribution in [2.75, 3.05) is 19.3 Å². The van der Waals surface area contributed by atoms with Gasteiger partial charge in [0, 0.05) is 25.8 Å². The number of rotatable bonds is 6. The quantitative estimate of drug-likeness (QED) is 0.745. The highest BCUT2D eigenvalue weighted by molar-refractivity contribution is 7.87. The Hall–Kier alpha value is -1.11. The lowest BCUT2D eigenvalue weighted by Crippen LogP contribution is -2.38.